The van der Waals surface area contributed by atoms with Crippen molar-refractivity contribution in [2.45, 2.75) is 32.9 Å². The van der Waals surface area contributed by atoms with Crippen LogP contribution in [0.4, 0.5) is 14.5 Å². The first-order chi connectivity index (χ1) is 9.60. The molecule has 0 unspecified atom stereocenters. The summed E-state index contributed by atoms with van der Waals surface area (Å²) in [6, 6.07) is 1.28. The Morgan fingerprint density at radius 3 is 2.43 bits per heavy atom. The van der Waals surface area contributed by atoms with Gasteiger partial charge in [0.05, 0.1) is 11.5 Å². The van der Waals surface area contributed by atoms with Gasteiger partial charge in [0.15, 0.2) is 0 Å². The molecule has 0 radical (unpaired) electrons. The summed E-state index contributed by atoms with van der Waals surface area (Å²) in [5.41, 5.74) is -1.27. The zero-order valence-electron chi connectivity index (χ0n) is 12.0. The van der Waals surface area contributed by atoms with Gasteiger partial charge in [0, 0.05) is 29.8 Å². The molecule has 1 amide bonds. The lowest BCUT2D eigenvalue weighted by atomic mass is 10.1. The molecule has 0 spiro atoms. The lowest BCUT2D eigenvalue weighted by Gasteiger charge is -2.20. The fourth-order valence-corrected chi connectivity index (χ4v) is 1.63. The summed E-state index contributed by atoms with van der Waals surface area (Å²) in [6.07, 6.45) is 0. The third-order valence-corrected chi connectivity index (χ3v) is 2.43. The largest absolute Gasteiger partial charge is 0.350 e. The van der Waals surface area contributed by atoms with Crippen LogP contribution in [0.25, 0.3) is 0 Å². The molecule has 6 nitrogen and oxygen atoms in total. The molecule has 21 heavy (non-hydrogen) atoms. The Kier molecular flexibility index (Phi) is 5.31. The predicted molar refractivity (Wildman–Crippen MR) is 72.6 cm³/mol. The van der Waals surface area contributed by atoms with Crippen LogP contribution in [0.5, 0.6) is 0 Å². The molecule has 0 saturated heterocycles. The molecular weight excluding hydrogens is 284 g/mol. The van der Waals surface area contributed by atoms with Crippen molar-refractivity contribution in [2.75, 3.05) is 6.54 Å². The van der Waals surface area contributed by atoms with Gasteiger partial charge in [-0.3, -0.25) is 14.9 Å². The minimum absolute atomic E-state index is 0.0772. The highest BCUT2D eigenvalue weighted by atomic mass is 19.1. The molecule has 1 rings (SSSR count). The maximum atomic E-state index is 13.5. The summed E-state index contributed by atoms with van der Waals surface area (Å²) >= 11 is 0. The standard InChI is InChI=1S/C13H17F2N3O3/c1-13(2,3)17-12(19)7-16-6-8-4-11(18(20)21)10(15)5-9(8)14/h4-5,16H,6-7H2,1-3H3,(H,17,19). The van der Waals surface area contributed by atoms with Crippen molar-refractivity contribution in [3.8, 4) is 0 Å². The van der Waals surface area contributed by atoms with E-state index in [2.05, 4.69) is 10.6 Å². The Morgan fingerprint density at radius 2 is 1.90 bits per heavy atom. The van der Waals surface area contributed by atoms with Gasteiger partial charge in [0.1, 0.15) is 5.82 Å². The fraction of sp³-hybridized carbons (Fsp3) is 0.462. The van der Waals surface area contributed by atoms with E-state index >= 15 is 0 Å². The van der Waals surface area contributed by atoms with Crippen LogP contribution < -0.4 is 10.6 Å². The third kappa shape index (κ3) is 5.42. The number of halogens is 2. The molecule has 0 atom stereocenters. The molecule has 1 aromatic rings. The second-order valence-corrected chi connectivity index (χ2v) is 5.55. The SMILES string of the molecule is CC(C)(C)NC(=O)CNCc1cc([N+](=O)[O-])c(F)cc1F. The number of nitrogens with one attached hydrogen (secondary N) is 2. The summed E-state index contributed by atoms with van der Waals surface area (Å²) < 4.78 is 26.6. The number of nitro benzene ring substituents is 1. The molecule has 0 aromatic heterocycles. The average Bonchev–Trinajstić information content (AvgIpc) is 2.28. The molecule has 0 heterocycles. The van der Waals surface area contributed by atoms with E-state index in [1.165, 1.54) is 0 Å². The smallest absolute Gasteiger partial charge is 0.305 e. The first-order valence-electron chi connectivity index (χ1n) is 6.24. The molecule has 0 saturated carbocycles. The maximum Gasteiger partial charge on any atom is 0.305 e. The van der Waals surface area contributed by atoms with E-state index < -0.39 is 27.8 Å². The second kappa shape index (κ2) is 6.57. The third-order valence-electron chi connectivity index (χ3n) is 2.43. The van der Waals surface area contributed by atoms with Gasteiger partial charge >= 0.3 is 5.69 Å². The molecule has 1 aromatic carbocycles. The summed E-state index contributed by atoms with van der Waals surface area (Å²) in [4.78, 5) is 21.2. The quantitative estimate of drug-likeness (QED) is 0.642. The molecule has 0 fully saturated rings. The van der Waals surface area contributed by atoms with E-state index in [4.69, 9.17) is 0 Å². The molecular formula is C13H17F2N3O3. The number of carbonyl (C=O) groups excluding carboxylic acids is 1. The lowest BCUT2D eigenvalue weighted by Crippen LogP contribution is -2.44. The van der Waals surface area contributed by atoms with Gasteiger partial charge in [-0.1, -0.05) is 0 Å². The summed E-state index contributed by atoms with van der Waals surface area (Å²) in [6.45, 7) is 5.24. The van der Waals surface area contributed by atoms with E-state index in [-0.39, 0.29) is 24.6 Å². The highest BCUT2D eigenvalue weighted by Gasteiger charge is 2.18. The molecule has 116 valence electrons. The molecule has 0 aliphatic carbocycles. The van der Waals surface area contributed by atoms with E-state index in [1.54, 1.807) is 0 Å². The lowest BCUT2D eigenvalue weighted by molar-refractivity contribution is -0.387. The number of rotatable bonds is 5. The number of hydrogen-bond donors (Lipinski definition) is 2. The minimum atomic E-state index is -1.23. The Hall–Kier alpha value is -2.09. The Bertz CT molecular complexity index is 556. The number of nitrogens with zero attached hydrogens (tertiary/aromatic N) is 1. The topological polar surface area (TPSA) is 84.3 Å². The van der Waals surface area contributed by atoms with E-state index in [1.807, 2.05) is 20.8 Å². The molecule has 8 heteroatoms. The second-order valence-electron chi connectivity index (χ2n) is 5.55. The monoisotopic (exact) mass is 301 g/mol. The number of benzene rings is 1. The van der Waals surface area contributed by atoms with Crippen LogP contribution in [-0.4, -0.2) is 22.9 Å². The molecule has 0 bridgehead atoms. The van der Waals surface area contributed by atoms with Gasteiger partial charge < -0.3 is 10.6 Å². The normalized spacial score (nSPS) is 11.3. The van der Waals surface area contributed by atoms with Gasteiger partial charge in [-0.15, -0.1) is 0 Å². The first kappa shape index (κ1) is 17.0. The maximum absolute atomic E-state index is 13.5. The molecule has 2 N–H and O–H groups in total. The van der Waals surface area contributed by atoms with Crippen molar-refractivity contribution in [1.82, 2.24) is 10.6 Å². The average molecular weight is 301 g/mol. The van der Waals surface area contributed by atoms with Crippen LogP contribution in [0.1, 0.15) is 26.3 Å². The van der Waals surface area contributed by atoms with Crippen LogP contribution in [0, 0.1) is 21.7 Å². The van der Waals surface area contributed by atoms with Crippen LogP contribution in [-0.2, 0) is 11.3 Å². The fourth-order valence-electron chi connectivity index (χ4n) is 1.63. The van der Waals surface area contributed by atoms with Gasteiger partial charge in [-0.25, -0.2) is 4.39 Å². The van der Waals surface area contributed by atoms with Crippen LogP contribution in [0.2, 0.25) is 0 Å². The van der Waals surface area contributed by atoms with Crippen molar-refractivity contribution in [3.63, 3.8) is 0 Å². The number of hydrogen-bond acceptors (Lipinski definition) is 4. The first-order valence-corrected chi connectivity index (χ1v) is 6.24. The van der Waals surface area contributed by atoms with Gasteiger partial charge in [0.2, 0.25) is 11.7 Å². The van der Waals surface area contributed by atoms with Crippen molar-refractivity contribution in [3.05, 3.63) is 39.4 Å². The molecule has 0 aliphatic heterocycles. The molecule has 0 aliphatic rings. The zero-order chi connectivity index (χ0) is 16.2. The number of nitro groups is 1. The number of amides is 1. The summed E-state index contributed by atoms with van der Waals surface area (Å²) in [5.74, 6) is -2.42. The van der Waals surface area contributed by atoms with E-state index in [9.17, 15) is 23.7 Å². The van der Waals surface area contributed by atoms with Crippen LogP contribution in [0.15, 0.2) is 12.1 Å². The zero-order valence-corrected chi connectivity index (χ0v) is 12.0. The Labute approximate surface area is 120 Å². The van der Waals surface area contributed by atoms with Gasteiger partial charge in [-0.2, -0.15) is 4.39 Å². The highest BCUT2D eigenvalue weighted by molar-refractivity contribution is 5.78. The Balaban J connectivity index is 2.66. The van der Waals surface area contributed by atoms with Gasteiger partial charge in [0.25, 0.3) is 0 Å². The van der Waals surface area contributed by atoms with Crippen molar-refractivity contribution >= 4 is 11.6 Å². The summed E-state index contributed by atoms with van der Waals surface area (Å²) in [5, 5.41) is 15.9. The van der Waals surface area contributed by atoms with Gasteiger partial charge in [-0.05, 0) is 20.8 Å². The predicted octanol–water partition coefficient (Wildman–Crippen LogP) is 1.88. The van der Waals surface area contributed by atoms with E-state index in [0.717, 1.165) is 6.07 Å². The van der Waals surface area contributed by atoms with Crippen molar-refractivity contribution in [2.24, 2.45) is 0 Å². The highest BCUT2D eigenvalue weighted by Crippen LogP contribution is 2.21. The van der Waals surface area contributed by atoms with Crippen LogP contribution >= 0.6 is 0 Å². The number of carbonyl (C=O) groups is 1. The summed E-state index contributed by atoms with van der Waals surface area (Å²) in [7, 11) is 0. The Morgan fingerprint density at radius 1 is 1.29 bits per heavy atom. The van der Waals surface area contributed by atoms with Crippen molar-refractivity contribution in [1.29, 1.82) is 0 Å². The van der Waals surface area contributed by atoms with E-state index in [0.29, 0.717) is 6.07 Å². The van der Waals surface area contributed by atoms with Crippen LogP contribution in [0.3, 0.4) is 0 Å². The minimum Gasteiger partial charge on any atom is -0.350 e. The van der Waals surface area contributed by atoms with Crippen molar-refractivity contribution < 1.29 is 18.5 Å².